The summed E-state index contributed by atoms with van der Waals surface area (Å²) >= 11 is 8.70. The first-order chi connectivity index (χ1) is 16.9. The molecule has 4 rings (SSSR count). The Labute approximate surface area is 217 Å². The zero-order chi connectivity index (χ0) is 24.9. The number of hydrogen-bond acceptors (Lipinski definition) is 5. The fraction of sp³-hybridized carbons (Fsp3) is 0.148. The van der Waals surface area contributed by atoms with Gasteiger partial charge in [0, 0.05) is 4.47 Å². The van der Waals surface area contributed by atoms with E-state index < -0.39 is 11.8 Å². The largest absolute Gasteiger partial charge is 0.493 e. The molecule has 1 aliphatic rings. The van der Waals surface area contributed by atoms with Gasteiger partial charge < -0.3 is 9.47 Å². The predicted octanol–water partition coefficient (Wildman–Crippen LogP) is 5.43. The van der Waals surface area contributed by atoms with E-state index in [1.807, 2.05) is 48.5 Å². The van der Waals surface area contributed by atoms with Gasteiger partial charge in [-0.1, -0.05) is 53.2 Å². The number of halogens is 1. The number of carbonyl (C=O) groups excluding carboxylic acids is 2. The number of thiocarbonyl (C=S) groups is 1. The Morgan fingerprint density at radius 3 is 2.31 bits per heavy atom. The molecule has 1 heterocycles. The Bertz CT molecular complexity index is 1300. The predicted molar refractivity (Wildman–Crippen MR) is 143 cm³/mol. The fourth-order valence-electron chi connectivity index (χ4n) is 3.57. The summed E-state index contributed by atoms with van der Waals surface area (Å²) in [5.74, 6) is 0.00644. The van der Waals surface area contributed by atoms with Gasteiger partial charge in [-0.25, -0.2) is 0 Å². The average Bonchev–Trinajstić information content (AvgIpc) is 2.86. The number of nitrogens with zero attached hydrogens (tertiary/aromatic N) is 1. The number of amides is 2. The molecular formula is C27H23BrN2O4S. The smallest absolute Gasteiger partial charge is 0.270 e. The number of aryl methyl sites for hydroxylation is 1. The summed E-state index contributed by atoms with van der Waals surface area (Å²) in [6, 6.07) is 20.6. The maximum Gasteiger partial charge on any atom is 0.270 e. The van der Waals surface area contributed by atoms with Crippen LogP contribution in [0.4, 0.5) is 5.69 Å². The van der Waals surface area contributed by atoms with Crippen LogP contribution in [0.5, 0.6) is 11.5 Å². The fourth-order valence-corrected chi connectivity index (χ4v) is 4.12. The lowest BCUT2D eigenvalue weighted by Gasteiger charge is -2.29. The number of methoxy groups -OCH3 is 1. The molecule has 0 radical (unpaired) electrons. The van der Waals surface area contributed by atoms with Crippen LogP contribution in [0.1, 0.15) is 23.6 Å². The molecular weight excluding hydrogens is 528 g/mol. The van der Waals surface area contributed by atoms with Crippen molar-refractivity contribution in [1.29, 1.82) is 0 Å². The third kappa shape index (κ3) is 5.61. The highest BCUT2D eigenvalue weighted by Gasteiger charge is 2.34. The number of hydrogen-bond donors (Lipinski definition) is 1. The molecule has 1 aliphatic heterocycles. The monoisotopic (exact) mass is 550 g/mol. The molecule has 0 saturated carbocycles. The highest BCUT2D eigenvalue weighted by atomic mass is 79.9. The summed E-state index contributed by atoms with van der Waals surface area (Å²) in [5, 5.41) is 2.66. The van der Waals surface area contributed by atoms with Crippen molar-refractivity contribution < 1.29 is 19.1 Å². The quantitative estimate of drug-likeness (QED) is 0.241. The Morgan fingerprint density at radius 1 is 0.971 bits per heavy atom. The lowest BCUT2D eigenvalue weighted by Crippen LogP contribution is -2.54. The molecule has 0 aromatic heterocycles. The second-order valence-corrected chi connectivity index (χ2v) is 9.11. The standard InChI is InChI=1S/C27H23BrN2O4S/c1-3-17-6-11-21(12-7-17)30-26(32)22(25(31)29-27(30)35)14-19-8-13-23(24(15-19)33-2)34-16-18-4-9-20(28)10-5-18/h4-15H,3,16H2,1-2H3,(H,29,31,35)/b22-14+. The van der Waals surface area contributed by atoms with Gasteiger partial charge in [-0.15, -0.1) is 0 Å². The molecule has 2 amide bonds. The molecule has 0 atom stereocenters. The first-order valence-corrected chi connectivity index (χ1v) is 12.2. The van der Waals surface area contributed by atoms with E-state index in [0.717, 1.165) is 22.0 Å². The van der Waals surface area contributed by atoms with E-state index in [1.54, 1.807) is 18.2 Å². The molecule has 1 saturated heterocycles. The zero-order valence-corrected chi connectivity index (χ0v) is 21.6. The van der Waals surface area contributed by atoms with Crippen LogP contribution < -0.4 is 19.7 Å². The minimum Gasteiger partial charge on any atom is -0.493 e. The van der Waals surface area contributed by atoms with Crippen LogP contribution in [0.2, 0.25) is 0 Å². The van der Waals surface area contributed by atoms with Gasteiger partial charge in [0.1, 0.15) is 12.2 Å². The molecule has 6 nitrogen and oxygen atoms in total. The molecule has 1 fully saturated rings. The van der Waals surface area contributed by atoms with Crippen molar-refractivity contribution in [3.63, 3.8) is 0 Å². The van der Waals surface area contributed by atoms with Gasteiger partial charge in [-0.05, 0) is 77.8 Å². The number of rotatable bonds is 7. The third-order valence-electron chi connectivity index (χ3n) is 5.51. The highest BCUT2D eigenvalue weighted by molar-refractivity contribution is 9.10. The molecule has 178 valence electrons. The van der Waals surface area contributed by atoms with Crippen LogP contribution >= 0.6 is 28.1 Å². The van der Waals surface area contributed by atoms with Crippen molar-refractivity contribution in [2.45, 2.75) is 20.0 Å². The Morgan fingerprint density at radius 2 is 1.66 bits per heavy atom. The third-order valence-corrected chi connectivity index (χ3v) is 6.32. The van der Waals surface area contributed by atoms with Gasteiger partial charge in [-0.2, -0.15) is 0 Å². The summed E-state index contributed by atoms with van der Waals surface area (Å²) in [4.78, 5) is 27.2. The van der Waals surface area contributed by atoms with E-state index >= 15 is 0 Å². The molecule has 0 aliphatic carbocycles. The average molecular weight is 551 g/mol. The number of anilines is 1. The van der Waals surface area contributed by atoms with Gasteiger partial charge in [0.2, 0.25) is 0 Å². The van der Waals surface area contributed by atoms with Crippen LogP contribution in [-0.4, -0.2) is 24.0 Å². The van der Waals surface area contributed by atoms with Gasteiger partial charge >= 0.3 is 0 Å². The molecule has 1 N–H and O–H groups in total. The molecule has 0 spiro atoms. The number of nitrogens with one attached hydrogen (secondary N) is 1. The van der Waals surface area contributed by atoms with Crippen LogP contribution in [0.25, 0.3) is 6.08 Å². The number of benzene rings is 3. The van der Waals surface area contributed by atoms with Crippen molar-refractivity contribution in [3.8, 4) is 11.5 Å². The van der Waals surface area contributed by atoms with Crippen LogP contribution in [-0.2, 0) is 22.6 Å². The summed E-state index contributed by atoms with van der Waals surface area (Å²) in [6.45, 7) is 2.42. The molecule has 35 heavy (non-hydrogen) atoms. The van der Waals surface area contributed by atoms with Gasteiger partial charge in [0.25, 0.3) is 11.8 Å². The second-order valence-electron chi connectivity index (χ2n) is 7.80. The molecule has 8 heteroatoms. The lowest BCUT2D eigenvalue weighted by molar-refractivity contribution is -0.122. The first kappa shape index (κ1) is 24.6. The van der Waals surface area contributed by atoms with Crippen molar-refractivity contribution in [1.82, 2.24) is 5.32 Å². The van der Waals surface area contributed by atoms with E-state index in [1.165, 1.54) is 18.1 Å². The lowest BCUT2D eigenvalue weighted by atomic mass is 10.1. The van der Waals surface area contributed by atoms with E-state index in [-0.39, 0.29) is 10.7 Å². The minimum absolute atomic E-state index is 0.0243. The van der Waals surface area contributed by atoms with Crippen molar-refractivity contribution >= 4 is 56.8 Å². The topological polar surface area (TPSA) is 67.9 Å². The maximum absolute atomic E-state index is 13.3. The van der Waals surface area contributed by atoms with E-state index in [4.69, 9.17) is 21.7 Å². The maximum atomic E-state index is 13.3. The molecule has 3 aromatic carbocycles. The van der Waals surface area contributed by atoms with Crippen LogP contribution in [0.3, 0.4) is 0 Å². The number of ether oxygens (including phenoxy) is 2. The molecule has 0 bridgehead atoms. The Kier molecular flexibility index (Phi) is 7.63. The summed E-state index contributed by atoms with van der Waals surface area (Å²) in [5.41, 5.74) is 3.33. The Hall–Kier alpha value is -3.49. The van der Waals surface area contributed by atoms with Gasteiger partial charge in [-0.3, -0.25) is 19.8 Å². The van der Waals surface area contributed by atoms with Gasteiger partial charge in [0.15, 0.2) is 16.6 Å². The second kappa shape index (κ2) is 10.8. The summed E-state index contributed by atoms with van der Waals surface area (Å²) in [7, 11) is 1.54. The molecule has 3 aromatic rings. The van der Waals surface area contributed by atoms with Crippen LogP contribution in [0.15, 0.2) is 76.8 Å². The van der Waals surface area contributed by atoms with Crippen molar-refractivity contribution in [2.24, 2.45) is 0 Å². The van der Waals surface area contributed by atoms with E-state index in [0.29, 0.717) is 29.4 Å². The summed E-state index contributed by atoms with van der Waals surface area (Å²) < 4.78 is 12.4. The van der Waals surface area contributed by atoms with Crippen molar-refractivity contribution in [3.05, 3.63) is 93.5 Å². The number of carbonyl (C=O) groups is 2. The highest BCUT2D eigenvalue weighted by Crippen LogP contribution is 2.31. The minimum atomic E-state index is -0.545. The normalized spacial score (nSPS) is 14.8. The SMILES string of the molecule is CCc1ccc(N2C(=O)/C(=C/c3ccc(OCc4ccc(Br)cc4)c(OC)c3)C(=O)NC2=S)cc1. The van der Waals surface area contributed by atoms with Crippen molar-refractivity contribution in [2.75, 3.05) is 12.0 Å². The zero-order valence-electron chi connectivity index (χ0n) is 19.2. The van der Waals surface area contributed by atoms with E-state index in [2.05, 4.69) is 28.2 Å². The molecule has 0 unspecified atom stereocenters. The Balaban J connectivity index is 1.57. The first-order valence-electron chi connectivity index (χ1n) is 10.9. The summed E-state index contributed by atoms with van der Waals surface area (Å²) in [6.07, 6.45) is 2.40. The van der Waals surface area contributed by atoms with Crippen LogP contribution in [0, 0.1) is 0 Å². The van der Waals surface area contributed by atoms with E-state index in [9.17, 15) is 9.59 Å². The van der Waals surface area contributed by atoms with Gasteiger partial charge in [0.05, 0.1) is 12.8 Å².